The predicted molar refractivity (Wildman–Crippen MR) is 132 cm³/mol. The SMILES string of the molecule is CCCOc1cccc([C@H]2/C(=C(\O)c3ccc4c(c3)OCCO4)C(=O)C(=O)N2Cc2cccnc2)c1. The van der Waals surface area contributed by atoms with Crippen molar-refractivity contribution < 1.29 is 28.9 Å². The number of ketones is 1. The van der Waals surface area contributed by atoms with Gasteiger partial charge in [0, 0.05) is 24.5 Å². The summed E-state index contributed by atoms with van der Waals surface area (Å²) in [5.41, 5.74) is 1.79. The zero-order valence-corrected chi connectivity index (χ0v) is 19.8. The van der Waals surface area contributed by atoms with Crippen LogP contribution in [0.15, 0.2) is 72.6 Å². The Kier molecular flexibility index (Phi) is 6.58. The molecule has 36 heavy (non-hydrogen) atoms. The van der Waals surface area contributed by atoms with Crippen LogP contribution in [0.1, 0.15) is 36.1 Å². The maximum Gasteiger partial charge on any atom is 0.295 e. The highest BCUT2D eigenvalue weighted by atomic mass is 16.6. The number of rotatable bonds is 7. The number of carbonyl (C=O) groups excluding carboxylic acids is 2. The fraction of sp³-hybridized carbons (Fsp3) is 0.250. The zero-order valence-electron chi connectivity index (χ0n) is 19.8. The molecule has 3 aromatic rings. The van der Waals surface area contributed by atoms with E-state index in [0.29, 0.717) is 48.2 Å². The number of aliphatic hydroxyl groups is 1. The molecule has 2 aliphatic heterocycles. The van der Waals surface area contributed by atoms with Crippen molar-refractivity contribution in [3.05, 3.63) is 89.3 Å². The molecule has 1 atom stereocenters. The van der Waals surface area contributed by atoms with Gasteiger partial charge in [0.15, 0.2) is 11.5 Å². The molecule has 0 saturated carbocycles. The standard InChI is InChI=1S/C28H26N2O6/c1-2-11-34-21-7-3-6-19(14-21)25-24(26(31)20-8-9-22-23(15-20)36-13-12-35-22)27(32)28(33)30(25)17-18-5-4-10-29-16-18/h3-10,14-16,25,31H,2,11-13,17H2,1H3/b26-24+/t25-/m0/s1. The van der Waals surface area contributed by atoms with Gasteiger partial charge < -0.3 is 24.2 Å². The van der Waals surface area contributed by atoms with Crippen molar-refractivity contribution in [1.82, 2.24) is 9.88 Å². The maximum atomic E-state index is 13.3. The van der Waals surface area contributed by atoms with Crippen LogP contribution in [-0.2, 0) is 16.1 Å². The van der Waals surface area contributed by atoms with E-state index in [1.54, 1.807) is 42.7 Å². The van der Waals surface area contributed by atoms with Crippen LogP contribution >= 0.6 is 0 Å². The lowest BCUT2D eigenvalue weighted by molar-refractivity contribution is -0.140. The van der Waals surface area contributed by atoms with E-state index in [-0.39, 0.29) is 17.9 Å². The van der Waals surface area contributed by atoms with Crippen molar-refractivity contribution in [1.29, 1.82) is 0 Å². The van der Waals surface area contributed by atoms with E-state index >= 15 is 0 Å². The number of Topliss-reactive ketones (excluding diaryl/α,β-unsaturated/α-hetero) is 1. The number of nitrogens with zero attached hydrogens (tertiary/aromatic N) is 2. The lowest BCUT2D eigenvalue weighted by atomic mass is 9.95. The van der Waals surface area contributed by atoms with E-state index in [0.717, 1.165) is 12.0 Å². The molecule has 1 saturated heterocycles. The number of amides is 1. The molecule has 0 unspecified atom stereocenters. The molecule has 1 aromatic heterocycles. The van der Waals surface area contributed by atoms with Crippen molar-refractivity contribution in [2.24, 2.45) is 0 Å². The first-order valence-electron chi connectivity index (χ1n) is 11.9. The minimum atomic E-state index is -0.816. The summed E-state index contributed by atoms with van der Waals surface area (Å²) >= 11 is 0. The first kappa shape index (κ1) is 23.4. The largest absolute Gasteiger partial charge is 0.507 e. The van der Waals surface area contributed by atoms with E-state index < -0.39 is 17.7 Å². The van der Waals surface area contributed by atoms with E-state index in [1.165, 1.54) is 4.90 Å². The van der Waals surface area contributed by atoms with Crippen molar-refractivity contribution >= 4 is 17.4 Å². The Labute approximate surface area is 208 Å². The maximum absolute atomic E-state index is 13.3. The van der Waals surface area contributed by atoms with Gasteiger partial charge in [0.25, 0.3) is 11.7 Å². The average molecular weight is 487 g/mol. The number of aromatic nitrogens is 1. The summed E-state index contributed by atoms with van der Waals surface area (Å²) in [4.78, 5) is 32.2. The number of hydrogen-bond donors (Lipinski definition) is 1. The predicted octanol–water partition coefficient (Wildman–Crippen LogP) is 4.26. The van der Waals surface area contributed by atoms with E-state index in [1.807, 2.05) is 31.2 Å². The van der Waals surface area contributed by atoms with Gasteiger partial charge in [-0.05, 0) is 53.9 Å². The first-order chi connectivity index (χ1) is 17.6. The Morgan fingerprint density at radius 1 is 1.08 bits per heavy atom. The van der Waals surface area contributed by atoms with Crippen LogP contribution in [0, 0.1) is 0 Å². The van der Waals surface area contributed by atoms with Gasteiger partial charge in [-0.2, -0.15) is 0 Å². The minimum absolute atomic E-state index is 0.00760. The minimum Gasteiger partial charge on any atom is -0.507 e. The molecule has 8 nitrogen and oxygen atoms in total. The van der Waals surface area contributed by atoms with Crippen molar-refractivity contribution in [3.8, 4) is 17.2 Å². The molecule has 5 rings (SSSR count). The Morgan fingerprint density at radius 2 is 1.92 bits per heavy atom. The summed E-state index contributed by atoms with van der Waals surface area (Å²) in [6, 6.07) is 15.0. The van der Waals surface area contributed by atoms with Crippen LogP contribution in [0.4, 0.5) is 0 Å². The fourth-order valence-corrected chi connectivity index (χ4v) is 4.42. The van der Waals surface area contributed by atoms with Crippen LogP contribution < -0.4 is 14.2 Å². The Bertz CT molecular complexity index is 1320. The van der Waals surface area contributed by atoms with E-state index in [4.69, 9.17) is 14.2 Å². The first-order valence-corrected chi connectivity index (χ1v) is 11.9. The van der Waals surface area contributed by atoms with Gasteiger partial charge >= 0.3 is 0 Å². The molecule has 3 heterocycles. The van der Waals surface area contributed by atoms with Gasteiger partial charge in [0.2, 0.25) is 0 Å². The molecule has 1 amide bonds. The number of benzene rings is 2. The van der Waals surface area contributed by atoms with Gasteiger partial charge in [-0.1, -0.05) is 25.1 Å². The van der Waals surface area contributed by atoms with Crippen LogP contribution in [-0.4, -0.2) is 46.5 Å². The Morgan fingerprint density at radius 3 is 2.69 bits per heavy atom. The summed E-state index contributed by atoms with van der Waals surface area (Å²) in [7, 11) is 0. The molecule has 0 spiro atoms. The second-order valence-corrected chi connectivity index (χ2v) is 8.57. The Hall–Kier alpha value is -4.33. The van der Waals surface area contributed by atoms with Gasteiger partial charge in [0.05, 0.1) is 18.2 Å². The molecule has 2 aliphatic rings. The molecule has 0 bridgehead atoms. The van der Waals surface area contributed by atoms with E-state index in [2.05, 4.69) is 4.98 Å². The molecule has 1 fully saturated rings. The zero-order chi connectivity index (χ0) is 25.1. The number of ether oxygens (including phenoxy) is 3. The number of fused-ring (bicyclic) bond motifs is 1. The van der Waals surface area contributed by atoms with Gasteiger partial charge in [-0.15, -0.1) is 0 Å². The second-order valence-electron chi connectivity index (χ2n) is 8.57. The summed E-state index contributed by atoms with van der Waals surface area (Å²) in [6.45, 7) is 3.53. The van der Waals surface area contributed by atoms with Crippen LogP contribution in [0.5, 0.6) is 17.2 Å². The molecular formula is C28H26N2O6. The van der Waals surface area contributed by atoms with Crippen molar-refractivity contribution in [2.45, 2.75) is 25.9 Å². The third-order valence-corrected chi connectivity index (χ3v) is 6.08. The lowest BCUT2D eigenvalue weighted by Gasteiger charge is -2.26. The quantitative estimate of drug-likeness (QED) is 0.303. The van der Waals surface area contributed by atoms with Crippen molar-refractivity contribution in [2.75, 3.05) is 19.8 Å². The summed E-state index contributed by atoms with van der Waals surface area (Å²) < 4.78 is 17.0. The lowest BCUT2D eigenvalue weighted by Crippen LogP contribution is -2.29. The molecule has 1 N–H and O–H groups in total. The topological polar surface area (TPSA) is 98.2 Å². The van der Waals surface area contributed by atoms with E-state index in [9.17, 15) is 14.7 Å². The average Bonchev–Trinajstić information content (AvgIpc) is 3.17. The van der Waals surface area contributed by atoms with Gasteiger partial charge in [-0.25, -0.2) is 0 Å². The fourth-order valence-electron chi connectivity index (χ4n) is 4.42. The molecule has 0 radical (unpaired) electrons. The number of likely N-dealkylation sites (tertiary alicyclic amines) is 1. The highest BCUT2D eigenvalue weighted by Gasteiger charge is 2.46. The third kappa shape index (κ3) is 4.49. The van der Waals surface area contributed by atoms with Crippen LogP contribution in [0.3, 0.4) is 0 Å². The number of aliphatic hydroxyl groups excluding tert-OH is 1. The van der Waals surface area contributed by atoms with Crippen LogP contribution in [0.25, 0.3) is 5.76 Å². The number of hydrogen-bond acceptors (Lipinski definition) is 7. The third-order valence-electron chi connectivity index (χ3n) is 6.08. The van der Waals surface area contributed by atoms with Gasteiger partial charge in [0.1, 0.15) is 24.7 Å². The molecule has 8 heteroatoms. The normalized spacial score (nSPS) is 18.4. The summed E-state index contributed by atoms with van der Waals surface area (Å²) in [5.74, 6) is -0.0583. The molecule has 0 aliphatic carbocycles. The summed E-state index contributed by atoms with van der Waals surface area (Å²) in [5, 5.41) is 11.4. The second kappa shape index (κ2) is 10.1. The smallest absolute Gasteiger partial charge is 0.295 e. The summed E-state index contributed by atoms with van der Waals surface area (Å²) in [6.07, 6.45) is 4.14. The molecule has 184 valence electrons. The van der Waals surface area contributed by atoms with Crippen molar-refractivity contribution in [3.63, 3.8) is 0 Å². The highest BCUT2D eigenvalue weighted by molar-refractivity contribution is 6.46. The van der Waals surface area contributed by atoms with Crippen LogP contribution in [0.2, 0.25) is 0 Å². The monoisotopic (exact) mass is 486 g/mol. The number of pyridine rings is 1. The molecular weight excluding hydrogens is 460 g/mol. The Balaban J connectivity index is 1.62. The molecule has 2 aromatic carbocycles. The highest BCUT2D eigenvalue weighted by Crippen LogP contribution is 2.42. The van der Waals surface area contributed by atoms with Gasteiger partial charge in [-0.3, -0.25) is 14.6 Å². The number of carbonyl (C=O) groups is 2.